The molecule has 1 fully saturated rings. The van der Waals surface area contributed by atoms with Crippen LogP contribution in [-0.2, 0) is 9.53 Å². The van der Waals surface area contributed by atoms with Gasteiger partial charge in [-0.3, -0.25) is 4.79 Å². The van der Waals surface area contributed by atoms with Crippen LogP contribution < -0.4 is 11.1 Å². The maximum absolute atomic E-state index is 11.7. The van der Waals surface area contributed by atoms with Crippen LogP contribution in [0.3, 0.4) is 0 Å². The fraction of sp³-hybridized carbons (Fsp3) is 0.923. The Kier molecular flexibility index (Phi) is 6.52. The number of nitrogens with one attached hydrogen (secondary N) is 1. The molecule has 0 aliphatic heterocycles. The monoisotopic (exact) mass is 242 g/mol. The zero-order chi connectivity index (χ0) is 12.7. The Balaban J connectivity index is 2.22. The highest BCUT2D eigenvalue weighted by Gasteiger charge is 2.22. The second-order valence-electron chi connectivity index (χ2n) is 5.15. The van der Waals surface area contributed by atoms with Crippen molar-refractivity contribution in [2.75, 3.05) is 20.3 Å². The Hall–Kier alpha value is -0.610. The third-order valence-electron chi connectivity index (χ3n) is 3.80. The molecule has 4 nitrogen and oxygen atoms in total. The first kappa shape index (κ1) is 14.5. The first-order valence-electron chi connectivity index (χ1n) is 6.67. The van der Waals surface area contributed by atoms with E-state index in [1.54, 1.807) is 7.11 Å². The average molecular weight is 242 g/mol. The first-order valence-corrected chi connectivity index (χ1v) is 6.67. The number of ether oxygens (including phenoxy) is 1. The van der Waals surface area contributed by atoms with Gasteiger partial charge in [0.05, 0.1) is 6.04 Å². The van der Waals surface area contributed by atoms with E-state index in [9.17, 15) is 4.79 Å². The summed E-state index contributed by atoms with van der Waals surface area (Å²) in [5.74, 6) is 1.31. The lowest BCUT2D eigenvalue weighted by Gasteiger charge is -2.29. The van der Waals surface area contributed by atoms with E-state index in [4.69, 9.17) is 10.5 Å². The van der Waals surface area contributed by atoms with Crippen LogP contribution in [-0.4, -0.2) is 32.2 Å². The zero-order valence-electron chi connectivity index (χ0n) is 11.1. The lowest BCUT2D eigenvalue weighted by Crippen LogP contribution is -2.44. The third kappa shape index (κ3) is 5.04. The minimum absolute atomic E-state index is 0.0418. The van der Waals surface area contributed by atoms with Crippen LogP contribution in [0.1, 0.15) is 39.0 Å². The summed E-state index contributed by atoms with van der Waals surface area (Å²) in [4.78, 5) is 11.7. The van der Waals surface area contributed by atoms with Gasteiger partial charge in [0, 0.05) is 20.3 Å². The second-order valence-corrected chi connectivity index (χ2v) is 5.15. The number of hydrogen-bond donors (Lipinski definition) is 2. The number of methoxy groups -OCH3 is 1. The molecular weight excluding hydrogens is 216 g/mol. The van der Waals surface area contributed by atoms with Crippen LogP contribution >= 0.6 is 0 Å². The lowest BCUT2D eigenvalue weighted by molar-refractivity contribution is -0.123. The Morgan fingerprint density at radius 2 is 2.18 bits per heavy atom. The summed E-state index contributed by atoms with van der Waals surface area (Å²) in [6.45, 7) is 3.59. The van der Waals surface area contributed by atoms with E-state index in [2.05, 4.69) is 12.2 Å². The van der Waals surface area contributed by atoms with Gasteiger partial charge in [0.15, 0.2) is 0 Å². The predicted octanol–water partition coefficient (Wildman–Crippen LogP) is 1.29. The Bertz CT molecular complexity index is 233. The molecule has 0 aromatic carbocycles. The van der Waals surface area contributed by atoms with E-state index < -0.39 is 6.04 Å². The van der Waals surface area contributed by atoms with Gasteiger partial charge in [-0.25, -0.2) is 0 Å². The predicted molar refractivity (Wildman–Crippen MR) is 68.6 cm³/mol. The molecule has 0 bridgehead atoms. The van der Waals surface area contributed by atoms with Gasteiger partial charge in [-0.2, -0.15) is 0 Å². The highest BCUT2D eigenvalue weighted by molar-refractivity contribution is 5.81. The van der Waals surface area contributed by atoms with Crippen molar-refractivity contribution in [2.45, 2.75) is 45.1 Å². The Labute approximate surface area is 104 Å². The Morgan fingerprint density at radius 1 is 1.47 bits per heavy atom. The summed E-state index contributed by atoms with van der Waals surface area (Å²) in [5.41, 5.74) is 5.76. The number of amides is 1. The van der Waals surface area contributed by atoms with Crippen molar-refractivity contribution in [3.05, 3.63) is 0 Å². The van der Waals surface area contributed by atoms with E-state index in [0.717, 1.165) is 12.5 Å². The summed E-state index contributed by atoms with van der Waals surface area (Å²) < 4.78 is 4.91. The van der Waals surface area contributed by atoms with Crippen molar-refractivity contribution in [3.63, 3.8) is 0 Å². The SMILES string of the molecule is COCCC(N)C(=O)NCC1CCCCC1C. The molecule has 3 unspecified atom stereocenters. The molecule has 0 spiro atoms. The molecule has 0 aromatic rings. The van der Waals surface area contributed by atoms with Gasteiger partial charge in [-0.15, -0.1) is 0 Å². The molecule has 1 aliphatic carbocycles. The topological polar surface area (TPSA) is 64.3 Å². The first-order chi connectivity index (χ1) is 8.15. The van der Waals surface area contributed by atoms with Crippen molar-refractivity contribution in [3.8, 4) is 0 Å². The molecule has 3 atom stereocenters. The van der Waals surface area contributed by atoms with Gasteiger partial charge < -0.3 is 15.8 Å². The van der Waals surface area contributed by atoms with Crippen LogP contribution in [0.5, 0.6) is 0 Å². The second kappa shape index (κ2) is 7.67. The number of nitrogens with two attached hydrogens (primary N) is 1. The maximum atomic E-state index is 11.7. The van der Waals surface area contributed by atoms with Crippen LogP contribution in [0.2, 0.25) is 0 Å². The number of carbonyl (C=O) groups is 1. The van der Waals surface area contributed by atoms with Gasteiger partial charge >= 0.3 is 0 Å². The molecule has 0 saturated heterocycles. The molecule has 100 valence electrons. The van der Waals surface area contributed by atoms with E-state index in [1.165, 1.54) is 25.7 Å². The van der Waals surface area contributed by atoms with Crippen LogP contribution in [0.25, 0.3) is 0 Å². The molecular formula is C13H26N2O2. The molecule has 4 heteroatoms. The van der Waals surface area contributed by atoms with Crippen molar-refractivity contribution in [1.82, 2.24) is 5.32 Å². The molecule has 17 heavy (non-hydrogen) atoms. The fourth-order valence-electron chi connectivity index (χ4n) is 2.43. The largest absolute Gasteiger partial charge is 0.385 e. The zero-order valence-corrected chi connectivity index (χ0v) is 11.1. The van der Waals surface area contributed by atoms with Gasteiger partial charge in [-0.1, -0.05) is 26.2 Å². The molecule has 1 aliphatic rings. The standard InChI is InChI=1S/C13H26N2O2/c1-10-5-3-4-6-11(10)9-15-13(16)12(14)7-8-17-2/h10-12H,3-9,14H2,1-2H3,(H,15,16). The molecule has 0 aromatic heterocycles. The average Bonchev–Trinajstić information content (AvgIpc) is 2.34. The van der Waals surface area contributed by atoms with Crippen LogP contribution in [0.4, 0.5) is 0 Å². The highest BCUT2D eigenvalue weighted by atomic mass is 16.5. The summed E-state index contributed by atoms with van der Waals surface area (Å²) in [6.07, 6.45) is 5.73. The number of hydrogen-bond acceptors (Lipinski definition) is 3. The van der Waals surface area contributed by atoms with Crippen molar-refractivity contribution >= 4 is 5.91 Å². The van der Waals surface area contributed by atoms with Crippen LogP contribution in [0, 0.1) is 11.8 Å². The number of carbonyl (C=O) groups excluding carboxylic acids is 1. The van der Waals surface area contributed by atoms with E-state index >= 15 is 0 Å². The summed E-state index contributed by atoms with van der Waals surface area (Å²) >= 11 is 0. The summed E-state index contributed by atoms with van der Waals surface area (Å²) in [5, 5.41) is 2.97. The summed E-state index contributed by atoms with van der Waals surface area (Å²) in [7, 11) is 1.62. The fourth-order valence-corrected chi connectivity index (χ4v) is 2.43. The van der Waals surface area contributed by atoms with Gasteiger partial charge in [0.1, 0.15) is 0 Å². The quantitative estimate of drug-likeness (QED) is 0.737. The third-order valence-corrected chi connectivity index (χ3v) is 3.80. The molecule has 0 heterocycles. The molecule has 0 radical (unpaired) electrons. The van der Waals surface area contributed by atoms with E-state index in [1.807, 2.05) is 0 Å². The van der Waals surface area contributed by atoms with Crippen molar-refractivity contribution in [1.29, 1.82) is 0 Å². The smallest absolute Gasteiger partial charge is 0.237 e. The normalized spacial score (nSPS) is 26.5. The van der Waals surface area contributed by atoms with Crippen molar-refractivity contribution in [2.24, 2.45) is 17.6 Å². The highest BCUT2D eigenvalue weighted by Crippen LogP contribution is 2.28. The van der Waals surface area contributed by atoms with Crippen LogP contribution in [0.15, 0.2) is 0 Å². The minimum Gasteiger partial charge on any atom is -0.385 e. The molecule has 1 amide bonds. The van der Waals surface area contributed by atoms with E-state index in [-0.39, 0.29) is 5.91 Å². The molecule has 1 rings (SSSR count). The number of rotatable bonds is 6. The molecule has 1 saturated carbocycles. The van der Waals surface area contributed by atoms with Gasteiger partial charge in [0.25, 0.3) is 0 Å². The summed E-state index contributed by atoms with van der Waals surface area (Å²) in [6, 6.07) is -0.436. The molecule has 3 N–H and O–H groups in total. The lowest BCUT2D eigenvalue weighted by atomic mass is 9.80. The van der Waals surface area contributed by atoms with E-state index in [0.29, 0.717) is 18.9 Å². The maximum Gasteiger partial charge on any atom is 0.237 e. The van der Waals surface area contributed by atoms with Gasteiger partial charge in [-0.05, 0) is 24.7 Å². The van der Waals surface area contributed by atoms with Crippen molar-refractivity contribution < 1.29 is 9.53 Å². The minimum atomic E-state index is -0.436. The Morgan fingerprint density at radius 3 is 2.82 bits per heavy atom. The van der Waals surface area contributed by atoms with Gasteiger partial charge in [0.2, 0.25) is 5.91 Å².